The zero-order chi connectivity index (χ0) is 15.1. The van der Waals surface area contributed by atoms with Gasteiger partial charge in [0.25, 0.3) is 5.91 Å². The number of anilines is 2. The third-order valence-electron chi connectivity index (χ3n) is 3.66. The van der Waals surface area contributed by atoms with Crippen molar-refractivity contribution in [2.45, 2.75) is 6.10 Å². The van der Waals surface area contributed by atoms with Gasteiger partial charge in [0.1, 0.15) is 22.8 Å². The molecule has 0 saturated heterocycles. The van der Waals surface area contributed by atoms with Gasteiger partial charge in [0.15, 0.2) is 6.10 Å². The van der Waals surface area contributed by atoms with Gasteiger partial charge in [-0.15, -0.1) is 0 Å². The highest BCUT2D eigenvalue weighted by molar-refractivity contribution is 5.98. The Morgan fingerprint density at radius 1 is 1.38 bits per heavy atom. The van der Waals surface area contributed by atoms with Crippen LogP contribution in [0.5, 0.6) is 5.75 Å². The van der Waals surface area contributed by atoms with Crippen LogP contribution in [-0.4, -0.2) is 29.3 Å². The van der Waals surface area contributed by atoms with E-state index >= 15 is 0 Å². The van der Waals surface area contributed by atoms with E-state index in [0.29, 0.717) is 12.2 Å². The molecule has 110 valence electrons. The Balaban J connectivity index is 2.04. The topological polar surface area (TPSA) is 99.4 Å². The molecule has 21 heavy (non-hydrogen) atoms. The largest absolute Gasteiger partial charge is 0.480 e. The van der Waals surface area contributed by atoms with Crippen LogP contribution in [0, 0.1) is 0 Å². The van der Waals surface area contributed by atoms with Crippen molar-refractivity contribution < 1.29 is 9.53 Å². The Hall–Kier alpha value is -2.70. The van der Waals surface area contributed by atoms with Crippen molar-refractivity contribution in [2.75, 3.05) is 24.2 Å². The van der Waals surface area contributed by atoms with Gasteiger partial charge in [0, 0.05) is 14.1 Å². The van der Waals surface area contributed by atoms with Gasteiger partial charge in [0.2, 0.25) is 0 Å². The van der Waals surface area contributed by atoms with E-state index in [1.807, 2.05) is 31.3 Å². The lowest BCUT2D eigenvalue weighted by molar-refractivity contribution is 0.0995. The first-order valence-corrected chi connectivity index (χ1v) is 6.58. The monoisotopic (exact) mass is 287 g/mol. The van der Waals surface area contributed by atoms with Crippen LogP contribution in [0.1, 0.15) is 22.2 Å². The number of rotatable bonds is 2. The normalized spacial score (nSPS) is 17.2. The molecule has 0 radical (unpaired) electrons. The summed E-state index contributed by atoms with van der Waals surface area (Å²) in [4.78, 5) is 13.7. The van der Waals surface area contributed by atoms with Gasteiger partial charge in [-0.2, -0.15) is 5.10 Å². The van der Waals surface area contributed by atoms with Gasteiger partial charge < -0.3 is 21.1 Å². The predicted molar refractivity (Wildman–Crippen MR) is 79.2 cm³/mol. The summed E-state index contributed by atoms with van der Waals surface area (Å²) < 4.78 is 7.41. The summed E-state index contributed by atoms with van der Waals surface area (Å²) >= 11 is 0. The summed E-state index contributed by atoms with van der Waals surface area (Å²) in [6, 6.07) is 7.71. The second kappa shape index (κ2) is 4.69. The number of hydrogen-bond acceptors (Lipinski definition) is 5. The maximum atomic E-state index is 11.6. The van der Waals surface area contributed by atoms with E-state index in [1.165, 1.54) is 4.68 Å². The first-order valence-electron chi connectivity index (χ1n) is 6.58. The van der Waals surface area contributed by atoms with E-state index in [1.54, 1.807) is 7.05 Å². The zero-order valence-corrected chi connectivity index (χ0v) is 11.9. The lowest BCUT2D eigenvalue weighted by Gasteiger charge is -2.33. The van der Waals surface area contributed by atoms with E-state index in [2.05, 4.69) is 10.00 Å². The summed E-state index contributed by atoms with van der Waals surface area (Å²) in [5, 5.41) is 4.30. The molecular formula is C14H17N5O2. The van der Waals surface area contributed by atoms with Gasteiger partial charge >= 0.3 is 0 Å². The minimum Gasteiger partial charge on any atom is -0.480 e. The molecule has 7 heteroatoms. The molecule has 1 aliphatic heterocycles. The molecule has 3 rings (SSSR count). The molecule has 0 spiro atoms. The molecular weight excluding hydrogens is 270 g/mol. The minimum atomic E-state index is -0.597. The molecule has 1 aromatic carbocycles. The second-order valence-corrected chi connectivity index (χ2v) is 5.09. The first kappa shape index (κ1) is 13.3. The molecule has 2 aromatic rings. The highest BCUT2D eigenvalue weighted by atomic mass is 16.5. The molecule has 0 fully saturated rings. The van der Waals surface area contributed by atoms with Crippen molar-refractivity contribution in [1.29, 1.82) is 0 Å². The lowest BCUT2D eigenvalue weighted by atomic mass is 10.1. The zero-order valence-electron chi connectivity index (χ0n) is 11.9. The van der Waals surface area contributed by atoms with Crippen molar-refractivity contribution in [2.24, 2.45) is 12.8 Å². The number of nitrogens with zero attached hydrogens (tertiary/aromatic N) is 3. The van der Waals surface area contributed by atoms with Crippen molar-refractivity contribution >= 4 is 17.4 Å². The molecule has 7 nitrogen and oxygen atoms in total. The van der Waals surface area contributed by atoms with Crippen LogP contribution >= 0.6 is 0 Å². The number of benzene rings is 1. The molecule has 0 bridgehead atoms. The fourth-order valence-electron chi connectivity index (χ4n) is 2.59. The van der Waals surface area contributed by atoms with Crippen LogP contribution in [0.2, 0.25) is 0 Å². The predicted octanol–water partition coefficient (Wildman–Crippen LogP) is 0.671. The Morgan fingerprint density at radius 2 is 2.10 bits per heavy atom. The Kier molecular flexibility index (Phi) is 2.97. The quantitative estimate of drug-likeness (QED) is 0.845. The summed E-state index contributed by atoms with van der Waals surface area (Å²) in [5.41, 5.74) is 13.0. The standard InChI is InChI=1S/C14H17N5O2/c1-18-7-10(21-9-6-4-3-5-8(9)18)12-11(14(16)20)13(15)19(2)17-12/h3-6,10H,7,15H2,1-2H3,(H2,16,20). The number of amides is 1. The number of carbonyl (C=O) groups excluding carboxylic acids is 1. The summed E-state index contributed by atoms with van der Waals surface area (Å²) in [7, 11) is 3.64. The van der Waals surface area contributed by atoms with Crippen LogP contribution in [0.4, 0.5) is 11.5 Å². The molecule has 4 N–H and O–H groups in total. The van der Waals surface area contributed by atoms with Gasteiger partial charge in [-0.25, -0.2) is 0 Å². The maximum Gasteiger partial charge on any atom is 0.254 e. The molecule has 1 unspecified atom stereocenters. The van der Waals surface area contributed by atoms with Crippen molar-refractivity contribution in [3.8, 4) is 5.75 Å². The number of para-hydroxylation sites is 2. The van der Waals surface area contributed by atoms with Gasteiger partial charge in [-0.3, -0.25) is 9.48 Å². The lowest BCUT2D eigenvalue weighted by Crippen LogP contribution is -2.33. The Morgan fingerprint density at radius 3 is 2.81 bits per heavy atom. The fraction of sp³-hybridized carbons (Fsp3) is 0.286. The fourth-order valence-corrected chi connectivity index (χ4v) is 2.59. The number of aromatic nitrogens is 2. The number of carbonyl (C=O) groups is 1. The summed E-state index contributed by atoms with van der Waals surface area (Å²) in [6.45, 7) is 0.563. The van der Waals surface area contributed by atoms with E-state index in [-0.39, 0.29) is 11.4 Å². The third-order valence-corrected chi connectivity index (χ3v) is 3.66. The highest BCUT2D eigenvalue weighted by Crippen LogP contribution is 2.37. The SMILES string of the molecule is CN1CC(c2nn(C)c(N)c2C(N)=O)Oc2ccccc21. The first-order chi connectivity index (χ1) is 9.99. The molecule has 1 atom stereocenters. The van der Waals surface area contributed by atoms with Crippen molar-refractivity contribution in [3.63, 3.8) is 0 Å². The number of likely N-dealkylation sites (N-methyl/N-ethyl adjacent to an activating group) is 1. The number of hydrogen-bond donors (Lipinski definition) is 2. The molecule has 1 amide bonds. The number of aryl methyl sites for hydroxylation is 1. The molecule has 2 heterocycles. The molecule has 1 aromatic heterocycles. The van der Waals surface area contributed by atoms with Crippen molar-refractivity contribution in [1.82, 2.24) is 9.78 Å². The van der Waals surface area contributed by atoms with Crippen molar-refractivity contribution in [3.05, 3.63) is 35.5 Å². The molecule has 1 aliphatic rings. The number of fused-ring (bicyclic) bond motifs is 1. The van der Waals surface area contributed by atoms with Gasteiger partial charge in [0.05, 0.1) is 12.2 Å². The summed E-state index contributed by atoms with van der Waals surface area (Å²) in [5.74, 6) is 0.402. The smallest absolute Gasteiger partial charge is 0.254 e. The van der Waals surface area contributed by atoms with Crippen LogP contribution in [-0.2, 0) is 7.05 Å². The third kappa shape index (κ3) is 2.06. The molecule has 0 saturated carbocycles. The average molecular weight is 287 g/mol. The number of primary amides is 1. The van der Waals surface area contributed by atoms with E-state index in [9.17, 15) is 4.79 Å². The van der Waals surface area contributed by atoms with Crippen LogP contribution in [0.25, 0.3) is 0 Å². The summed E-state index contributed by atoms with van der Waals surface area (Å²) in [6.07, 6.45) is -0.393. The number of ether oxygens (including phenoxy) is 1. The number of nitrogens with two attached hydrogens (primary N) is 2. The average Bonchev–Trinajstić information content (AvgIpc) is 2.75. The van der Waals surface area contributed by atoms with E-state index in [4.69, 9.17) is 16.2 Å². The van der Waals surface area contributed by atoms with Gasteiger partial charge in [-0.05, 0) is 12.1 Å². The second-order valence-electron chi connectivity index (χ2n) is 5.09. The van der Waals surface area contributed by atoms with Crippen LogP contribution in [0.15, 0.2) is 24.3 Å². The number of nitrogen functional groups attached to an aromatic ring is 1. The van der Waals surface area contributed by atoms with E-state index < -0.39 is 12.0 Å². The minimum absolute atomic E-state index is 0.232. The van der Waals surface area contributed by atoms with Gasteiger partial charge in [-0.1, -0.05) is 12.1 Å². The molecule has 0 aliphatic carbocycles. The maximum absolute atomic E-state index is 11.6. The highest BCUT2D eigenvalue weighted by Gasteiger charge is 2.31. The van der Waals surface area contributed by atoms with Crippen LogP contribution in [0.3, 0.4) is 0 Å². The van der Waals surface area contributed by atoms with Crippen LogP contribution < -0.4 is 21.1 Å². The van der Waals surface area contributed by atoms with E-state index in [0.717, 1.165) is 11.4 Å². The Labute approximate surface area is 122 Å². The Bertz CT molecular complexity index is 709.